The highest BCUT2D eigenvalue weighted by molar-refractivity contribution is 7.89. The number of carboxylic acid groups (broad SMARTS) is 1. The molecule has 9 heteroatoms. The van der Waals surface area contributed by atoms with E-state index in [9.17, 15) is 18.3 Å². The smallest absolute Gasteiger partial charge is 0.303 e. The average Bonchev–Trinajstić information content (AvgIpc) is 2.63. The first kappa shape index (κ1) is 24.2. The van der Waals surface area contributed by atoms with Gasteiger partial charge < -0.3 is 14.9 Å². The number of hydrogen-bond acceptors (Lipinski definition) is 5. The van der Waals surface area contributed by atoms with E-state index in [0.717, 1.165) is 0 Å². The summed E-state index contributed by atoms with van der Waals surface area (Å²) in [5.41, 5.74) is 0. The van der Waals surface area contributed by atoms with Crippen molar-refractivity contribution in [3.63, 3.8) is 0 Å². The molecule has 28 heavy (non-hydrogen) atoms. The molecule has 0 saturated carbocycles. The molecule has 0 spiro atoms. The Morgan fingerprint density at radius 1 is 1.21 bits per heavy atom. The lowest BCUT2D eigenvalue weighted by molar-refractivity contribution is -0.137. The molecule has 156 valence electrons. The van der Waals surface area contributed by atoms with Crippen LogP contribution in [0.5, 0.6) is 5.75 Å². The van der Waals surface area contributed by atoms with E-state index in [1.165, 1.54) is 0 Å². The van der Waals surface area contributed by atoms with Crippen LogP contribution in [0.1, 0.15) is 38.5 Å². The van der Waals surface area contributed by atoms with Crippen LogP contribution in [-0.4, -0.2) is 49.6 Å². The van der Waals surface area contributed by atoms with Gasteiger partial charge in [-0.1, -0.05) is 29.7 Å². The lowest BCUT2D eigenvalue weighted by Gasteiger charge is -2.13. The molecular weight excluding hydrogens is 406 g/mol. The maximum Gasteiger partial charge on any atom is 0.303 e. The van der Waals surface area contributed by atoms with Gasteiger partial charge in [0.2, 0.25) is 10.0 Å². The molecule has 0 heterocycles. The van der Waals surface area contributed by atoms with Crippen molar-refractivity contribution in [1.82, 2.24) is 4.72 Å². The molecule has 0 aromatic heterocycles. The van der Waals surface area contributed by atoms with Gasteiger partial charge >= 0.3 is 5.97 Å². The Kier molecular flexibility index (Phi) is 11.6. The zero-order chi connectivity index (χ0) is 20.8. The van der Waals surface area contributed by atoms with Gasteiger partial charge in [0.1, 0.15) is 12.4 Å². The number of aliphatic hydroxyl groups excluding tert-OH is 1. The number of aliphatic hydroxyl groups is 1. The van der Waals surface area contributed by atoms with Gasteiger partial charge in [-0.2, -0.15) is 0 Å². The molecule has 0 bridgehead atoms. The van der Waals surface area contributed by atoms with Gasteiger partial charge in [-0.05, 0) is 37.8 Å². The topological polar surface area (TPSA) is 113 Å². The van der Waals surface area contributed by atoms with Crippen LogP contribution in [-0.2, 0) is 14.8 Å². The van der Waals surface area contributed by atoms with Crippen LogP contribution >= 0.6 is 11.6 Å². The van der Waals surface area contributed by atoms with Crippen molar-refractivity contribution in [2.75, 3.05) is 18.9 Å². The maximum absolute atomic E-state index is 11.8. The molecule has 1 atom stereocenters. The summed E-state index contributed by atoms with van der Waals surface area (Å²) in [5, 5.41) is 18.9. The fourth-order valence-electron chi connectivity index (χ4n) is 2.20. The number of ether oxygens (including phenoxy) is 1. The quantitative estimate of drug-likeness (QED) is 0.326. The van der Waals surface area contributed by atoms with Gasteiger partial charge in [-0.25, -0.2) is 13.1 Å². The van der Waals surface area contributed by atoms with Gasteiger partial charge in [-0.3, -0.25) is 4.79 Å². The summed E-state index contributed by atoms with van der Waals surface area (Å²) in [6.07, 6.45) is 1.57. The number of carboxylic acids is 1. The Morgan fingerprint density at radius 3 is 2.68 bits per heavy atom. The molecule has 7 nitrogen and oxygen atoms in total. The first-order chi connectivity index (χ1) is 13.3. The Balaban J connectivity index is 2.14. The van der Waals surface area contributed by atoms with Gasteiger partial charge in [0.05, 0.1) is 23.4 Å². The van der Waals surface area contributed by atoms with Crippen LogP contribution < -0.4 is 9.46 Å². The maximum atomic E-state index is 11.8. The summed E-state index contributed by atoms with van der Waals surface area (Å²) in [7, 11) is -3.42. The van der Waals surface area contributed by atoms with Crippen molar-refractivity contribution >= 4 is 27.6 Å². The zero-order valence-electron chi connectivity index (χ0n) is 15.6. The average molecular weight is 432 g/mol. The first-order valence-electron chi connectivity index (χ1n) is 9.00. The summed E-state index contributed by atoms with van der Waals surface area (Å²) >= 11 is 5.96. The zero-order valence-corrected chi connectivity index (χ0v) is 17.1. The summed E-state index contributed by atoms with van der Waals surface area (Å²) in [4.78, 5) is 10.3. The Labute approximate surface area is 171 Å². The molecule has 1 unspecified atom stereocenters. The molecule has 0 aliphatic rings. The van der Waals surface area contributed by atoms with Crippen LogP contribution in [0.3, 0.4) is 0 Å². The van der Waals surface area contributed by atoms with Crippen molar-refractivity contribution in [2.45, 2.75) is 44.6 Å². The van der Waals surface area contributed by atoms with E-state index in [4.69, 9.17) is 21.4 Å². The van der Waals surface area contributed by atoms with Gasteiger partial charge in [0.25, 0.3) is 0 Å². The number of nitrogens with one attached hydrogen (secondary N) is 1. The molecular formula is C19H26ClNO6S. The van der Waals surface area contributed by atoms with Gasteiger partial charge in [0, 0.05) is 12.8 Å². The summed E-state index contributed by atoms with van der Waals surface area (Å²) in [6, 6.07) is 6.97. The highest BCUT2D eigenvalue weighted by Gasteiger charge is 2.11. The van der Waals surface area contributed by atoms with Crippen molar-refractivity contribution < 1.29 is 28.2 Å². The normalized spacial score (nSPS) is 12.1. The summed E-state index contributed by atoms with van der Waals surface area (Å²) in [5.74, 6) is 4.97. The van der Waals surface area contributed by atoms with Gasteiger partial charge in [-0.15, -0.1) is 5.92 Å². The van der Waals surface area contributed by atoms with Crippen LogP contribution in [0.2, 0.25) is 5.02 Å². The van der Waals surface area contributed by atoms with E-state index in [1.807, 2.05) is 0 Å². The highest BCUT2D eigenvalue weighted by Crippen LogP contribution is 2.23. The Bertz CT molecular complexity index is 772. The number of rotatable bonds is 13. The molecule has 0 amide bonds. The Morgan fingerprint density at radius 2 is 1.96 bits per heavy atom. The van der Waals surface area contributed by atoms with Crippen molar-refractivity contribution in [3.05, 3.63) is 29.3 Å². The molecule has 3 N–H and O–H groups in total. The molecule has 0 radical (unpaired) electrons. The molecule has 0 aliphatic heterocycles. The SMILES string of the molecule is O=C(O)CCCC#CCNS(=O)(=O)CCCCC(O)COc1ccccc1Cl. The minimum absolute atomic E-state index is 0.00368. The van der Waals surface area contributed by atoms with Crippen molar-refractivity contribution in [1.29, 1.82) is 0 Å². The van der Waals surface area contributed by atoms with Crippen LogP contribution in [0.15, 0.2) is 24.3 Å². The summed E-state index contributed by atoms with van der Waals surface area (Å²) < 4.78 is 31.5. The van der Waals surface area contributed by atoms with E-state index < -0.39 is 22.1 Å². The second-order valence-corrected chi connectivity index (χ2v) is 8.47. The molecule has 0 fully saturated rings. The number of carbonyl (C=O) groups is 1. The van der Waals surface area contributed by atoms with Crippen molar-refractivity contribution in [3.8, 4) is 17.6 Å². The number of benzene rings is 1. The van der Waals surface area contributed by atoms with Gasteiger partial charge in [0.15, 0.2) is 0 Å². The van der Waals surface area contributed by atoms with Crippen LogP contribution in [0.4, 0.5) is 0 Å². The fourth-order valence-corrected chi connectivity index (χ4v) is 3.41. The van der Waals surface area contributed by atoms with E-state index in [2.05, 4.69) is 16.6 Å². The number of para-hydroxylation sites is 1. The van der Waals surface area contributed by atoms with E-state index in [-0.39, 0.29) is 25.3 Å². The van der Waals surface area contributed by atoms with Crippen LogP contribution in [0.25, 0.3) is 0 Å². The number of unbranched alkanes of at least 4 members (excludes halogenated alkanes) is 2. The second kappa shape index (κ2) is 13.4. The molecule has 0 saturated heterocycles. The predicted molar refractivity (Wildman–Crippen MR) is 108 cm³/mol. The monoisotopic (exact) mass is 431 g/mol. The van der Waals surface area contributed by atoms with E-state index in [0.29, 0.717) is 42.9 Å². The first-order valence-corrected chi connectivity index (χ1v) is 11.0. The third kappa shape index (κ3) is 11.8. The molecule has 1 aromatic carbocycles. The third-order valence-electron chi connectivity index (χ3n) is 3.67. The lowest BCUT2D eigenvalue weighted by Crippen LogP contribution is -2.27. The molecule has 1 rings (SSSR count). The standard InChI is InChI=1S/C19H26ClNO6S/c20-17-10-4-5-11-18(17)27-15-16(22)9-6-8-14-28(25,26)21-13-7-2-1-3-12-19(23)24/h4-5,10-11,16,21-22H,1,3,6,8-9,12-15H2,(H,23,24). The summed E-state index contributed by atoms with van der Waals surface area (Å²) in [6.45, 7) is 0.0932. The molecule has 0 aliphatic carbocycles. The number of aliphatic carboxylic acids is 1. The lowest BCUT2D eigenvalue weighted by atomic mass is 10.2. The minimum Gasteiger partial charge on any atom is -0.489 e. The highest BCUT2D eigenvalue weighted by atomic mass is 35.5. The van der Waals surface area contributed by atoms with Crippen LogP contribution in [0, 0.1) is 11.8 Å². The minimum atomic E-state index is -3.42. The molecule has 1 aromatic rings. The van der Waals surface area contributed by atoms with E-state index in [1.54, 1.807) is 24.3 Å². The number of halogens is 1. The fraction of sp³-hybridized carbons (Fsp3) is 0.526. The Hall–Kier alpha value is -1.79. The predicted octanol–water partition coefficient (Wildman–Crippen LogP) is 2.43. The third-order valence-corrected chi connectivity index (χ3v) is 5.39. The second-order valence-electron chi connectivity index (χ2n) is 6.13. The number of hydrogen-bond donors (Lipinski definition) is 3. The number of sulfonamides is 1. The largest absolute Gasteiger partial charge is 0.489 e. The van der Waals surface area contributed by atoms with Crippen molar-refractivity contribution in [2.24, 2.45) is 0 Å². The van der Waals surface area contributed by atoms with E-state index >= 15 is 0 Å².